The number of aromatic nitrogens is 3. The third-order valence-electron chi connectivity index (χ3n) is 5.18. The second-order valence-electron chi connectivity index (χ2n) is 9.21. The Morgan fingerprint density at radius 3 is 2.82 bits per heavy atom. The molecule has 0 unspecified atom stereocenters. The average Bonchev–Trinajstić information content (AvgIpc) is 3.30. The first-order valence-corrected chi connectivity index (χ1v) is 10.8. The molecule has 1 aliphatic rings. The summed E-state index contributed by atoms with van der Waals surface area (Å²) < 4.78 is 21.5. The summed E-state index contributed by atoms with van der Waals surface area (Å²) in [5.41, 5.74) is 3.27. The van der Waals surface area contributed by atoms with E-state index in [9.17, 15) is 9.50 Å². The lowest BCUT2D eigenvalue weighted by Gasteiger charge is -2.21. The fourth-order valence-corrected chi connectivity index (χ4v) is 3.42. The number of amidine groups is 1. The van der Waals surface area contributed by atoms with E-state index in [4.69, 9.17) is 9.57 Å². The molecule has 0 radical (unpaired) electrons. The monoisotopic (exact) mass is 456 g/mol. The van der Waals surface area contributed by atoms with Gasteiger partial charge in [0.2, 0.25) is 0 Å². The zero-order valence-electron chi connectivity index (χ0n) is 19.4. The molecular weight excluding hydrogens is 427 g/mol. The molecular formula is C23H29FN6O3. The van der Waals surface area contributed by atoms with Gasteiger partial charge in [0, 0.05) is 18.2 Å². The number of benzene rings is 1. The molecule has 3 N–H and O–H groups in total. The highest BCUT2D eigenvalue weighted by atomic mass is 19.1. The van der Waals surface area contributed by atoms with Crippen LogP contribution in [0, 0.1) is 5.82 Å². The predicted octanol–water partition coefficient (Wildman–Crippen LogP) is 3.60. The lowest BCUT2D eigenvalue weighted by Crippen LogP contribution is -2.23. The van der Waals surface area contributed by atoms with Gasteiger partial charge < -0.3 is 15.2 Å². The number of fused-ring (bicyclic) bond motifs is 1. The van der Waals surface area contributed by atoms with Crippen LogP contribution < -0.4 is 15.5 Å². The number of hydrogen-bond donors (Lipinski definition) is 3. The highest BCUT2D eigenvalue weighted by Gasteiger charge is 2.28. The van der Waals surface area contributed by atoms with Gasteiger partial charge in [-0.1, -0.05) is 0 Å². The zero-order valence-corrected chi connectivity index (χ0v) is 19.4. The highest BCUT2D eigenvalue weighted by Crippen LogP contribution is 2.29. The summed E-state index contributed by atoms with van der Waals surface area (Å²) in [6.45, 7) is 9.35. The van der Waals surface area contributed by atoms with Gasteiger partial charge in [-0.3, -0.25) is 0 Å². The summed E-state index contributed by atoms with van der Waals surface area (Å²) in [4.78, 5) is 14.7. The van der Waals surface area contributed by atoms with Gasteiger partial charge in [0.15, 0.2) is 17.2 Å². The Bertz CT molecular complexity index is 1180. The van der Waals surface area contributed by atoms with Crippen LogP contribution >= 0.6 is 0 Å². The SMILES string of the molecule is C[C@@H](Nc1ccn2ncc(C3=NC(C)(C)ON3)c2n1)c1cc(F)ccc1OCCC(C)(C)O. The van der Waals surface area contributed by atoms with Crippen molar-refractivity contribution in [3.8, 4) is 5.75 Å². The molecule has 0 fully saturated rings. The molecule has 0 spiro atoms. The van der Waals surface area contributed by atoms with E-state index in [0.717, 1.165) is 0 Å². The first-order chi connectivity index (χ1) is 15.5. The van der Waals surface area contributed by atoms with Crippen molar-refractivity contribution in [1.29, 1.82) is 0 Å². The van der Waals surface area contributed by atoms with Gasteiger partial charge in [-0.05, 0) is 58.9 Å². The van der Waals surface area contributed by atoms with Gasteiger partial charge in [-0.25, -0.2) is 29.2 Å². The standard InChI is InChI=1S/C23H29FN6O3/c1-14(16-12-15(24)6-7-18(16)32-11-9-22(2,3)31)26-19-8-10-30-21(27-19)17(13-25-30)20-28-23(4,5)33-29-20/h6-8,10,12-14,31H,9,11H2,1-5H3,(H,26,27)(H,28,29)/t14-/m1/s1. The van der Waals surface area contributed by atoms with Crippen molar-refractivity contribution >= 4 is 17.3 Å². The zero-order chi connectivity index (χ0) is 23.8. The maximum absolute atomic E-state index is 14.0. The van der Waals surface area contributed by atoms with Crippen LogP contribution in [0.5, 0.6) is 5.75 Å². The van der Waals surface area contributed by atoms with E-state index < -0.39 is 11.3 Å². The van der Waals surface area contributed by atoms with Crippen LogP contribution in [0.1, 0.15) is 58.2 Å². The van der Waals surface area contributed by atoms with E-state index in [1.165, 1.54) is 12.1 Å². The van der Waals surface area contributed by atoms with Crippen molar-refractivity contribution in [2.45, 2.75) is 58.4 Å². The van der Waals surface area contributed by atoms with E-state index in [0.29, 0.717) is 47.2 Å². The Morgan fingerprint density at radius 2 is 2.12 bits per heavy atom. The number of nitrogens with one attached hydrogen (secondary N) is 2. The molecule has 0 bridgehead atoms. The summed E-state index contributed by atoms with van der Waals surface area (Å²) in [5, 5.41) is 17.6. The molecule has 3 aromatic rings. The summed E-state index contributed by atoms with van der Waals surface area (Å²) >= 11 is 0. The summed E-state index contributed by atoms with van der Waals surface area (Å²) in [6.07, 6.45) is 3.91. The van der Waals surface area contributed by atoms with Crippen LogP contribution in [0.4, 0.5) is 10.2 Å². The van der Waals surface area contributed by atoms with E-state index in [-0.39, 0.29) is 11.9 Å². The molecule has 0 amide bonds. The van der Waals surface area contributed by atoms with Gasteiger partial charge in [0.25, 0.3) is 0 Å². The molecule has 2 aromatic heterocycles. The van der Waals surface area contributed by atoms with Gasteiger partial charge in [0.1, 0.15) is 17.4 Å². The quantitative estimate of drug-likeness (QED) is 0.476. The Balaban J connectivity index is 1.56. The number of halogens is 1. The summed E-state index contributed by atoms with van der Waals surface area (Å²) in [7, 11) is 0. The molecule has 1 atom stereocenters. The molecule has 1 aromatic carbocycles. The third kappa shape index (κ3) is 5.40. The van der Waals surface area contributed by atoms with Crippen molar-refractivity contribution in [1.82, 2.24) is 20.1 Å². The minimum Gasteiger partial charge on any atom is -0.493 e. The number of hydroxylamine groups is 1. The average molecular weight is 457 g/mol. The number of aliphatic hydroxyl groups is 1. The van der Waals surface area contributed by atoms with E-state index in [2.05, 4.69) is 25.9 Å². The first-order valence-electron chi connectivity index (χ1n) is 10.8. The lowest BCUT2D eigenvalue weighted by atomic mass is 10.1. The van der Waals surface area contributed by atoms with Gasteiger partial charge >= 0.3 is 0 Å². The molecule has 33 heavy (non-hydrogen) atoms. The normalized spacial score (nSPS) is 16.4. The van der Waals surface area contributed by atoms with Crippen LogP contribution in [0.15, 0.2) is 41.7 Å². The Hall–Kier alpha value is -3.24. The molecule has 0 saturated carbocycles. The number of hydrogen-bond acceptors (Lipinski definition) is 8. The van der Waals surface area contributed by atoms with Crippen LogP contribution in [-0.2, 0) is 4.84 Å². The van der Waals surface area contributed by atoms with E-state index >= 15 is 0 Å². The fourth-order valence-electron chi connectivity index (χ4n) is 3.42. The number of anilines is 1. The number of ether oxygens (including phenoxy) is 1. The molecule has 9 nitrogen and oxygen atoms in total. The second kappa shape index (κ2) is 8.60. The van der Waals surface area contributed by atoms with Crippen molar-refractivity contribution < 1.29 is 19.1 Å². The minimum absolute atomic E-state index is 0.302. The predicted molar refractivity (Wildman–Crippen MR) is 123 cm³/mol. The molecule has 4 rings (SSSR count). The highest BCUT2D eigenvalue weighted by molar-refractivity contribution is 6.03. The Morgan fingerprint density at radius 1 is 1.33 bits per heavy atom. The maximum Gasteiger partial charge on any atom is 0.182 e. The van der Waals surface area contributed by atoms with Crippen LogP contribution in [0.2, 0.25) is 0 Å². The van der Waals surface area contributed by atoms with Crippen LogP contribution in [0.3, 0.4) is 0 Å². The van der Waals surface area contributed by atoms with Crippen molar-refractivity contribution in [2.75, 3.05) is 11.9 Å². The molecule has 0 saturated heterocycles. The van der Waals surface area contributed by atoms with Crippen molar-refractivity contribution in [3.05, 3.63) is 53.6 Å². The van der Waals surface area contributed by atoms with Crippen molar-refractivity contribution in [3.63, 3.8) is 0 Å². The molecule has 1 aliphatic heterocycles. The third-order valence-corrected chi connectivity index (χ3v) is 5.18. The second-order valence-corrected chi connectivity index (χ2v) is 9.21. The first kappa shape index (κ1) is 22.9. The molecule has 176 valence electrons. The molecule has 3 heterocycles. The fraction of sp³-hybridized carbons (Fsp3) is 0.435. The molecule has 0 aliphatic carbocycles. The maximum atomic E-state index is 14.0. The van der Waals surface area contributed by atoms with Gasteiger partial charge in [-0.15, -0.1) is 0 Å². The molecule has 10 heteroatoms. The van der Waals surface area contributed by atoms with Crippen LogP contribution in [0.25, 0.3) is 5.65 Å². The van der Waals surface area contributed by atoms with Gasteiger partial charge in [-0.2, -0.15) is 5.10 Å². The Kier molecular flexibility index (Phi) is 5.98. The summed E-state index contributed by atoms with van der Waals surface area (Å²) in [6, 6.07) is 5.89. The lowest BCUT2D eigenvalue weighted by molar-refractivity contribution is -0.0269. The van der Waals surface area contributed by atoms with Crippen molar-refractivity contribution in [2.24, 2.45) is 4.99 Å². The number of aliphatic imine (C=N–C) groups is 1. The van der Waals surface area contributed by atoms with E-state index in [1.807, 2.05) is 20.8 Å². The van der Waals surface area contributed by atoms with Crippen LogP contribution in [-0.4, -0.2) is 43.5 Å². The topological polar surface area (TPSA) is 105 Å². The smallest absolute Gasteiger partial charge is 0.182 e. The largest absolute Gasteiger partial charge is 0.493 e. The van der Waals surface area contributed by atoms with Gasteiger partial charge in [0.05, 0.1) is 30.0 Å². The summed E-state index contributed by atoms with van der Waals surface area (Å²) in [5.74, 6) is 1.33. The van der Waals surface area contributed by atoms with E-state index in [1.54, 1.807) is 42.9 Å². The minimum atomic E-state index is -0.842. The Labute approximate surface area is 191 Å². The number of nitrogens with zero attached hydrogens (tertiary/aromatic N) is 4. The number of rotatable bonds is 8.